The Labute approximate surface area is 45.2 Å². The summed E-state index contributed by atoms with van der Waals surface area (Å²) < 4.78 is 0. The molecule has 7 heavy (non-hydrogen) atoms. The molecule has 0 heterocycles. The maximum Gasteiger partial charge on any atom is -0.0229 e. The van der Waals surface area contributed by atoms with E-state index >= 15 is 0 Å². The molecule has 0 aromatic rings. The Kier molecular flexibility index (Phi) is 1.18. The minimum atomic E-state index is 0.764. The van der Waals surface area contributed by atoms with Gasteiger partial charge in [-0.1, -0.05) is 18.6 Å². The largest absolute Gasteiger partial charge is 0.0850 e. The van der Waals surface area contributed by atoms with Crippen LogP contribution in [0.15, 0.2) is 11.6 Å². The molecule has 0 heteroatoms. The Morgan fingerprint density at radius 1 is 1.86 bits per heavy atom. The molecule has 1 atom stereocenters. The van der Waals surface area contributed by atoms with Crippen LogP contribution in [0.2, 0.25) is 0 Å². The molecule has 0 aromatic heterocycles. The van der Waals surface area contributed by atoms with Gasteiger partial charge in [0.1, 0.15) is 0 Å². The topological polar surface area (TPSA) is 0 Å². The predicted octanol–water partition coefficient (Wildman–Crippen LogP) is 2.18. The van der Waals surface area contributed by atoms with Crippen molar-refractivity contribution in [2.24, 2.45) is 5.92 Å². The third kappa shape index (κ3) is 0.846. The molecule has 39 valence electrons. The molecule has 0 nitrogen and oxygen atoms in total. The van der Waals surface area contributed by atoms with Crippen molar-refractivity contribution in [1.29, 1.82) is 0 Å². The van der Waals surface area contributed by atoms with E-state index in [1.807, 2.05) is 0 Å². The molecule has 0 saturated carbocycles. The standard InChI is InChI=1S/C7H11/c1-6-4-3-5-7(6)2/h4,7H,1,3,5H2,2H3. The van der Waals surface area contributed by atoms with Gasteiger partial charge in [0.15, 0.2) is 0 Å². The average Bonchev–Trinajstić information content (AvgIpc) is 1.91. The van der Waals surface area contributed by atoms with Crippen molar-refractivity contribution in [2.75, 3.05) is 0 Å². The van der Waals surface area contributed by atoms with Gasteiger partial charge in [-0.2, -0.15) is 0 Å². The van der Waals surface area contributed by atoms with Crippen LogP contribution < -0.4 is 0 Å². The summed E-state index contributed by atoms with van der Waals surface area (Å²) in [5.74, 6) is 0.764. The Bertz CT molecular complexity index is 90.2. The number of hydrogen-bond donors (Lipinski definition) is 0. The molecule has 0 spiro atoms. The number of allylic oxidation sites excluding steroid dienone is 2. The highest BCUT2D eigenvalue weighted by Gasteiger charge is 2.07. The van der Waals surface area contributed by atoms with Crippen molar-refractivity contribution in [2.45, 2.75) is 19.8 Å². The van der Waals surface area contributed by atoms with E-state index in [1.54, 1.807) is 0 Å². The molecule has 0 amide bonds. The lowest BCUT2D eigenvalue weighted by atomic mass is 10.1. The minimum Gasteiger partial charge on any atom is -0.0850 e. The van der Waals surface area contributed by atoms with Gasteiger partial charge in [-0.3, -0.25) is 0 Å². The van der Waals surface area contributed by atoms with E-state index in [4.69, 9.17) is 0 Å². The molecular formula is C7H11. The summed E-state index contributed by atoms with van der Waals surface area (Å²) in [6, 6.07) is 0. The molecule has 0 aliphatic heterocycles. The van der Waals surface area contributed by atoms with Crippen LogP contribution in [0.3, 0.4) is 0 Å². The lowest BCUT2D eigenvalue weighted by molar-refractivity contribution is 0.681. The summed E-state index contributed by atoms with van der Waals surface area (Å²) in [7, 11) is 0. The number of hydrogen-bond acceptors (Lipinski definition) is 0. The second kappa shape index (κ2) is 1.69. The van der Waals surface area contributed by atoms with Gasteiger partial charge in [0.05, 0.1) is 0 Å². The smallest absolute Gasteiger partial charge is 0.0229 e. The molecule has 1 aliphatic carbocycles. The fourth-order valence-electron chi connectivity index (χ4n) is 0.905. The molecule has 0 aromatic carbocycles. The summed E-state index contributed by atoms with van der Waals surface area (Å²) in [5.41, 5.74) is 1.33. The van der Waals surface area contributed by atoms with Gasteiger partial charge < -0.3 is 0 Å². The average molecular weight is 95.2 g/mol. The monoisotopic (exact) mass is 95.1 g/mol. The van der Waals surface area contributed by atoms with E-state index in [0.29, 0.717) is 0 Å². The van der Waals surface area contributed by atoms with Crippen molar-refractivity contribution in [3.63, 3.8) is 0 Å². The van der Waals surface area contributed by atoms with Crippen molar-refractivity contribution in [3.05, 3.63) is 18.6 Å². The quantitative estimate of drug-likeness (QED) is 0.432. The highest BCUT2D eigenvalue weighted by Crippen LogP contribution is 2.23. The van der Waals surface area contributed by atoms with E-state index in [2.05, 4.69) is 19.9 Å². The maximum absolute atomic E-state index is 3.88. The number of rotatable bonds is 0. The molecular weight excluding hydrogens is 84.1 g/mol. The summed E-state index contributed by atoms with van der Waals surface area (Å²) in [6.45, 7) is 6.11. The Hall–Kier alpha value is -0.260. The van der Waals surface area contributed by atoms with Gasteiger partial charge in [-0.25, -0.2) is 0 Å². The highest BCUT2D eigenvalue weighted by atomic mass is 14.1. The van der Waals surface area contributed by atoms with Gasteiger partial charge in [-0.15, -0.1) is 0 Å². The van der Waals surface area contributed by atoms with Gasteiger partial charge in [0.2, 0.25) is 0 Å². The molecule has 0 bridgehead atoms. The predicted molar refractivity (Wildman–Crippen MR) is 31.8 cm³/mol. The Morgan fingerprint density at radius 2 is 2.57 bits per heavy atom. The molecule has 0 fully saturated rings. The summed E-state index contributed by atoms with van der Waals surface area (Å²) in [5, 5.41) is 0. The summed E-state index contributed by atoms with van der Waals surface area (Å²) in [6.07, 6.45) is 4.80. The SMILES string of the molecule is [CH2]C1=CCCC1C. The van der Waals surface area contributed by atoms with E-state index in [-0.39, 0.29) is 0 Å². The first kappa shape index (κ1) is 4.89. The molecule has 1 radical (unpaired) electrons. The van der Waals surface area contributed by atoms with Crippen LogP contribution in [0, 0.1) is 12.8 Å². The molecule has 1 rings (SSSR count). The van der Waals surface area contributed by atoms with Crippen molar-refractivity contribution in [1.82, 2.24) is 0 Å². The van der Waals surface area contributed by atoms with E-state index in [0.717, 1.165) is 5.92 Å². The van der Waals surface area contributed by atoms with Crippen LogP contribution >= 0.6 is 0 Å². The van der Waals surface area contributed by atoms with E-state index < -0.39 is 0 Å². The molecule has 1 unspecified atom stereocenters. The lowest BCUT2D eigenvalue weighted by Crippen LogP contribution is -1.85. The van der Waals surface area contributed by atoms with Crippen LogP contribution in [0.1, 0.15) is 19.8 Å². The normalized spacial score (nSPS) is 30.6. The fraction of sp³-hybridized carbons (Fsp3) is 0.571. The van der Waals surface area contributed by atoms with Gasteiger partial charge in [-0.05, 0) is 25.7 Å². The van der Waals surface area contributed by atoms with Crippen LogP contribution in [0.5, 0.6) is 0 Å². The van der Waals surface area contributed by atoms with E-state index in [9.17, 15) is 0 Å². The molecule has 1 aliphatic rings. The highest BCUT2D eigenvalue weighted by molar-refractivity contribution is 5.13. The first-order valence-corrected chi connectivity index (χ1v) is 2.82. The van der Waals surface area contributed by atoms with Crippen LogP contribution in [-0.2, 0) is 0 Å². The fourth-order valence-corrected chi connectivity index (χ4v) is 0.905. The first-order chi connectivity index (χ1) is 3.30. The Balaban J connectivity index is 2.54. The minimum absolute atomic E-state index is 0.764. The molecule has 0 N–H and O–H groups in total. The van der Waals surface area contributed by atoms with Crippen LogP contribution in [0.4, 0.5) is 0 Å². The van der Waals surface area contributed by atoms with Crippen molar-refractivity contribution >= 4 is 0 Å². The summed E-state index contributed by atoms with van der Waals surface area (Å²) >= 11 is 0. The summed E-state index contributed by atoms with van der Waals surface area (Å²) in [4.78, 5) is 0. The zero-order chi connectivity index (χ0) is 5.28. The van der Waals surface area contributed by atoms with Crippen molar-refractivity contribution < 1.29 is 0 Å². The zero-order valence-corrected chi connectivity index (χ0v) is 4.78. The second-order valence-electron chi connectivity index (χ2n) is 2.26. The van der Waals surface area contributed by atoms with Crippen LogP contribution in [0.25, 0.3) is 0 Å². The molecule has 0 saturated heterocycles. The lowest BCUT2D eigenvalue weighted by Gasteiger charge is -1.98. The zero-order valence-electron chi connectivity index (χ0n) is 4.78. The third-order valence-corrected chi connectivity index (χ3v) is 1.64. The van der Waals surface area contributed by atoms with Gasteiger partial charge in [0, 0.05) is 0 Å². The maximum atomic E-state index is 3.88. The van der Waals surface area contributed by atoms with Gasteiger partial charge >= 0.3 is 0 Å². The third-order valence-electron chi connectivity index (χ3n) is 1.64. The second-order valence-corrected chi connectivity index (χ2v) is 2.26. The Morgan fingerprint density at radius 3 is 2.71 bits per heavy atom. The van der Waals surface area contributed by atoms with Gasteiger partial charge in [0.25, 0.3) is 0 Å². The van der Waals surface area contributed by atoms with Crippen LogP contribution in [-0.4, -0.2) is 0 Å². The first-order valence-electron chi connectivity index (χ1n) is 2.82. The van der Waals surface area contributed by atoms with E-state index in [1.165, 1.54) is 18.4 Å². The van der Waals surface area contributed by atoms with Crippen molar-refractivity contribution in [3.8, 4) is 0 Å².